The zero-order valence-corrected chi connectivity index (χ0v) is 14.5. The second-order valence-electron chi connectivity index (χ2n) is 5.67. The summed E-state index contributed by atoms with van der Waals surface area (Å²) in [5, 5.41) is 4.36. The SMILES string of the molecule is CCOc1cccc(-c2nc(-c3c(C)[nH]c4ccccc34)cs2)c1. The predicted molar refractivity (Wildman–Crippen MR) is 101 cm³/mol. The first-order valence-corrected chi connectivity index (χ1v) is 8.90. The van der Waals surface area contributed by atoms with E-state index < -0.39 is 0 Å². The molecule has 0 amide bonds. The lowest BCUT2D eigenvalue weighted by Crippen LogP contribution is -1.91. The first-order valence-electron chi connectivity index (χ1n) is 8.02. The van der Waals surface area contributed by atoms with Crippen LogP contribution in [0.3, 0.4) is 0 Å². The van der Waals surface area contributed by atoms with Gasteiger partial charge in [0.15, 0.2) is 0 Å². The monoisotopic (exact) mass is 334 g/mol. The van der Waals surface area contributed by atoms with Crippen LogP contribution in [0.4, 0.5) is 0 Å². The zero-order chi connectivity index (χ0) is 16.5. The molecule has 0 bridgehead atoms. The lowest BCUT2D eigenvalue weighted by atomic mass is 10.1. The average molecular weight is 334 g/mol. The second kappa shape index (κ2) is 6.13. The lowest BCUT2D eigenvalue weighted by molar-refractivity contribution is 0.340. The molecular formula is C20H18N2OS. The van der Waals surface area contributed by atoms with E-state index in [-0.39, 0.29) is 0 Å². The van der Waals surface area contributed by atoms with E-state index in [9.17, 15) is 0 Å². The molecule has 4 aromatic rings. The number of nitrogens with zero attached hydrogens (tertiary/aromatic N) is 1. The van der Waals surface area contributed by atoms with E-state index in [1.165, 1.54) is 10.9 Å². The maximum atomic E-state index is 5.60. The summed E-state index contributed by atoms with van der Waals surface area (Å²) in [7, 11) is 0. The summed E-state index contributed by atoms with van der Waals surface area (Å²) in [6, 6.07) is 16.5. The van der Waals surface area contributed by atoms with Crippen LogP contribution in [0.25, 0.3) is 32.7 Å². The van der Waals surface area contributed by atoms with Gasteiger partial charge >= 0.3 is 0 Å². The third kappa shape index (κ3) is 2.59. The van der Waals surface area contributed by atoms with Gasteiger partial charge in [-0.15, -0.1) is 11.3 Å². The summed E-state index contributed by atoms with van der Waals surface area (Å²) < 4.78 is 5.60. The summed E-state index contributed by atoms with van der Waals surface area (Å²) in [5.74, 6) is 0.884. The van der Waals surface area contributed by atoms with E-state index in [4.69, 9.17) is 9.72 Å². The van der Waals surface area contributed by atoms with Gasteiger partial charge in [0.25, 0.3) is 0 Å². The molecule has 2 aromatic carbocycles. The van der Waals surface area contributed by atoms with Gasteiger partial charge in [-0.25, -0.2) is 4.98 Å². The van der Waals surface area contributed by atoms with Gasteiger partial charge in [0.05, 0.1) is 12.3 Å². The van der Waals surface area contributed by atoms with E-state index in [0.717, 1.165) is 33.2 Å². The van der Waals surface area contributed by atoms with Crippen molar-refractivity contribution in [1.29, 1.82) is 0 Å². The van der Waals surface area contributed by atoms with Gasteiger partial charge in [-0.05, 0) is 32.0 Å². The van der Waals surface area contributed by atoms with Crippen LogP contribution in [-0.4, -0.2) is 16.6 Å². The van der Waals surface area contributed by atoms with Crippen LogP contribution in [0.5, 0.6) is 5.75 Å². The van der Waals surface area contributed by atoms with Crippen molar-refractivity contribution in [2.45, 2.75) is 13.8 Å². The van der Waals surface area contributed by atoms with Gasteiger partial charge in [-0.3, -0.25) is 0 Å². The summed E-state index contributed by atoms with van der Waals surface area (Å²) in [6.07, 6.45) is 0. The molecule has 3 nitrogen and oxygen atoms in total. The van der Waals surface area contributed by atoms with Crippen molar-refractivity contribution in [3.63, 3.8) is 0 Å². The molecule has 0 saturated carbocycles. The number of rotatable bonds is 4. The van der Waals surface area contributed by atoms with Gasteiger partial charge in [0, 0.05) is 33.1 Å². The summed E-state index contributed by atoms with van der Waals surface area (Å²) in [4.78, 5) is 8.32. The number of benzene rings is 2. The second-order valence-corrected chi connectivity index (χ2v) is 6.53. The Bertz CT molecular complexity index is 1000. The quantitative estimate of drug-likeness (QED) is 0.522. The number of thiazole rings is 1. The van der Waals surface area contributed by atoms with Crippen LogP contribution in [0.2, 0.25) is 0 Å². The molecule has 0 radical (unpaired) electrons. The van der Waals surface area contributed by atoms with Gasteiger partial charge < -0.3 is 9.72 Å². The number of aromatic amines is 1. The van der Waals surface area contributed by atoms with Gasteiger partial charge in [-0.2, -0.15) is 0 Å². The minimum absolute atomic E-state index is 0.668. The van der Waals surface area contributed by atoms with Crippen molar-refractivity contribution < 1.29 is 4.74 Å². The van der Waals surface area contributed by atoms with Gasteiger partial charge in [0.2, 0.25) is 0 Å². The van der Waals surface area contributed by atoms with Gasteiger partial charge in [-0.1, -0.05) is 30.3 Å². The number of fused-ring (bicyclic) bond motifs is 1. The van der Waals surface area contributed by atoms with Crippen molar-refractivity contribution in [3.05, 3.63) is 59.6 Å². The highest BCUT2D eigenvalue weighted by molar-refractivity contribution is 7.13. The van der Waals surface area contributed by atoms with Crippen molar-refractivity contribution in [1.82, 2.24) is 9.97 Å². The molecule has 0 atom stereocenters. The fourth-order valence-corrected chi connectivity index (χ4v) is 3.82. The molecule has 24 heavy (non-hydrogen) atoms. The molecule has 0 saturated heterocycles. The number of H-pyrrole nitrogens is 1. The van der Waals surface area contributed by atoms with Crippen LogP contribution in [0, 0.1) is 6.92 Å². The Labute approximate surface area is 145 Å². The Balaban J connectivity index is 1.77. The highest BCUT2D eigenvalue weighted by Crippen LogP contribution is 2.35. The zero-order valence-electron chi connectivity index (χ0n) is 13.7. The van der Waals surface area contributed by atoms with Crippen molar-refractivity contribution in [2.24, 2.45) is 0 Å². The van der Waals surface area contributed by atoms with Crippen LogP contribution in [-0.2, 0) is 0 Å². The molecule has 0 fully saturated rings. The molecule has 0 spiro atoms. The number of hydrogen-bond donors (Lipinski definition) is 1. The highest BCUT2D eigenvalue weighted by Gasteiger charge is 2.14. The van der Waals surface area contributed by atoms with E-state index >= 15 is 0 Å². The van der Waals surface area contributed by atoms with Crippen molar-refractivity contribution >= 4 is 22.2 Å². The molecule has 0 unspecified atom stereocenters. The van der Waals surface area contributed by atoms with Crippen molar-refractivity contribution in [2.75, 3.05) is 6.61 Å². The summed E-state index contributed by atoms with van der Waals surface area (Å²) >= 11 is 1.66. The smallest absolute Gasteiger partial charge is 0.124 e. The topological polar surface area (TPSA) is 37.9 Å². The van der Waals surface area contributed by atoms with Gasteiger partial charge in [0.1, 0.15) is 10.8 Å². The molecule has 0 aliphatic heterocycles. The Morgan fingerprint density at radius 1 is 1.12 bits per heavy atom. The maximum absolute atomic E-state index is 5.60. The van der Waals surface area contributed by atoms with Crippen LogP contribution >= 0.6 is 11.3 Å². The fraction of sp³-hybridized carbons (Fsp3) is 0.150. The third-order valence-corrected chi connectivity index (χ3v) is 4.94. The normalized spacial score (nSPS) is 11.1. The van der Waals surface area contributed by atoms with E-state index in [0.29, 0.717) is 6.61 Å². The Morgan fingerprint density at radius 2 is 2.00 bits per heavy atom. The largest absolute Gasteiger partial charge is 0.494 e. The number of para-hydroxylation sites is 1. The first-order chi connectivity index (χ1) is 11.8. The Kier molecular flexibility index (Phi) is 3.82. The first kappa shape index (κ1) is 15.0. The molecule has 0 aliphatic rings. The number of nitrogens with one attached hydrogen (secondary N) is 1. The molecule has 4 rings (SSSR count). The van der Waals surface area contributed by atoms with E-state index in [1.807, 2.05) is 31.2 Å². The van der Waals surface area contributed by atoms with Crippen LogP contribution < -0.4 is 4.74 Å². The molecular weight excluding hydrogens is 316 g/mol. The molecule has 1 N–H and O–H groups in total. The highest BCUT2D eigenvalue weighted by atomic mass is 32.1. The third-order valence-electron chi connectivity index (χ3n) is 4.05. The van der Waals surface area contributed by atoms with Crippen molar-refractivity contribution in [3.8, 4) is 27.6 Å². The predicted octanol–water partition coefficient (Wildman–Crippen LogP) is 5.67. The standard InChI is InChI=1S/C20H18N2OS/c1-3-23-15-8-6-7-14(11-15)20-22-18(12-24-20)19-13(2)21-17-10-5-4-9-16(17)19/h4-12,21H,3H2,1-2H3. The summed E-state index contributed by atoms with van der Waals surface area (Å²) in [6.45, 7) is 4.76. The number of aromatic nitrogens is 2. The molecule has 120 valence electrons. The Morgan fingerprint density at radius 3 is 2.88 bits per heavy atom. The Hall–Kier alpha value is -2.59. The minimum Gasteiger partial charge on any atom is -0.494 e. The van der Waals surface area contributed by atoms with E-state index in [2.05, 4.69) is 41.6 Å². The van der Waals surface area contributed by atoms with Crippen LogP contribution in [0.1, 0.15) is 12.6 Å². The molecule has 0 aliphatic carbocycles. The number of ether oxygens (including phenoxy) is 1. The van der Waals surface area contributed by atoms with Crippen LogP contribution in [0.15, 0.2) is 53.9 Å². The maximum Gasteiger partial charge on any atom is 0.124 e. The molecule has 4 heteroatoms. The number of aryl methyl sites for hydroxylation is 1. The average Bonchev–Trinajstić information content (AvgIpc) is 3.18. The molecule has 2 heterocycles. The summed E-state index contributed by atoms with van der Waals surface area (Å²) in [5.41, 5.74) is 5.60. The number of hydrogen-bond acceptors (Lipinski definition) is 3. The minimum atomic E-state index is 0.668. The fourth-order valence-electron chi connectivity index (χ4n) is 3.01. The van der Waals surface area contributed by atoms with E-state index in [1.54, 1.807) is 11.3 Å². The lowest BCUT2D eigenvalue weighted by Gasteiger charge is -2.04. The molecule has 2 aromatic heterocycles.